The van der Waals surface area contributed by atoms with Gasteiger partial charge in [-0.2, -0.15) is 5.10 Å². The molecule has 162 valence electrons. The van der Waals surface area contributed by atoms with Gasteiger partial charge >= 0.3 is 0 Å². The summed E-state index contributed by atoms with van der Waals surface area (Å²) in [5.41, 5.74) is 0.595. The van der Waals surface area contributed by atoms with Crippen molar-refractivity contribution in [3.8, 4) is 11.5 Å². The molecule has 7 nitrogen and oxygen atoms in total. The van der Waals surface area contributed by atoms with Crippen LogP contribution in [0.25, 0.3) is 0 Å². The van der Waals surface area contributed by atoms with E-state index in [1.54, 1.807) is 13.2 Å². The Labute approximate surface area is 178 Å². The average Bonchev–Trinajstić information content (AvgIpc) is 3.42. The molecule has 2 aromatic rings. The number of amides is 1. The third kappa shape index (κ3) is 5.33. The van der Waals surface area contributed by atoms with E-state index in [4.69, 9.17) is 9.47 Å². The summed E-state index contributed by atoms with van der Waals surface area (Å²) in [6.45, 7) is 5.22. The number of aromatic nitrogens is 2. The molecule has 0 bridgehead atoms. The third-order valence-corrected chi connectivity index (χ3v) is 6.07. The quantitative estimate of drug-likeness (QED) is 0.685. The van der Waals surface area contributed by atoms with Crippen LogP contribution in [0.4, 0.5) is 0 Å². The second-order valence-corrected chi connectivity index (χ2v) is 8.37. The summed E-state index contributed by atoms with van der Waals surface area (Å²) in [6.07, 6.45) is 9.06. The first-order chi connectivity index (χ1) is 14.6. The van der Waals surface area contributed by atoms with Gasteiger partial charge in [0.1, 0.15) is 17.6 Å². The Morgan fingerprint density at radius 3 is 2.73 bits per heavy atom. The number of rotatable bonds is 9. The first kappa shape index (κ1) is 20.7. The predicted octanol–water partition coefficient (Wildman–Crippen LogP) is 3.11. The van der Waals surface area contributed by atoms with Crippen LogP contribution >= 0.6 is 0 Å². The van der Waals surface area contributed by atoms with Crippen molar-refractivity contribution in [3.63, 3.8) is 0 Å². The number of carbonyl (C=O) groups excluding carboxylic acids is 1. The second kappa shape index (κ2) is 9.51. The van der Waals surface area contributed by atoms with Crippen molar-refractivity contribution in [1.29, 1.82) is 0 Å². The molecule has 0 radical (unpaired) electrons. The van der Waals surface area contributed by atoms with Gasteiger partial charge in [0.25, 0.3) is 5.91 Å². The van der Waals surface area contributed by atoms with Crippen molar-refractivity contribution < 1.29 is 14.3 Å². The molecule has 1 aromatic heterocycles. The third-order valence-electron chi connectivity index (χ3n) is 6.07. The van der Waals surface area contributed by atoms with E-state index in [0.717, 1.165) is 51.7 Å². The zero-order valence-electron chi connectivity index (χ0n) is 17.9. The zero-order chi connectivity index (χ0) is 20.9. The molecule has 1 N–H and O–H groups in total. The summed E-state index contributed by atoms with van der Waals surface area (Å²) in [5.74, 6) is 1.27. The first-order valence-corrected chi connectivity index (χ1v) is 11.0. The maximum Gasteiger partial charge on any atom is 0.255 e. The van der Waals surface area contributed by atoms with E-state index in [1.165, 1.54) is 0 Å². The highest BCUT2D eigenvalue weighted by Crippen LogP contribution is 2.29. The van der Waals surface area contributed by atoms with E-state index in [2.05, 4.69) is 22.2 Å². The Bertz CT molecular complexity index is 827. The standard InChI is InChI=1S/C23H32N4O3/c1-17(8-15-27-12-3-11-24-27)26-13-9-19(10-14-26)30-22-16-20(29-2)6-7-21(22)23(28)25-18-4-5-18/h3,6-7,11-12,16-19H,4-5,8-10,13-15H2,1-2H3,(H,25,28)/t17-/m0/s1. The molecule has 1 saturated heterocycles. The minimum atomic E-state index is -0.0557. The fraction of sp³-hybridized carbons (Fsp3) is 0.565. The van der Waals surface area contributed by atoms with Gasteiger partial charge in [-0.3, -0.25) is 9.48 Å². The molecular weight excluding hydrogens is 380 g/mol. The van der Waals surface area contributed by atoms with Crippen LogP contribution in [-0.2, 0) is 6.54 Å². The summed E-state index contributed by atoms with van der Waals surface area (Å²) >= 11 is 0. The van der Waals surface area contributed by atoms with Gasteiger partial charge in [0, 0.05) is 50.2 Å². The number of likely N-dealkylation sites (tertiary alicyclic amines) is 1. The largest absolute Gasteiger partial charge is 0.497 e. The molecule has 2 aliphatic rings. The molecule has 0 unspecified atom stereocenters. The Morgan fingerprint density at radius 2 is 2.07 bits per heavy atom. The molecule has 1 aliphatic heterocycles. The summed E-state index contributed by atoms with van der Waals surface area (Å²) in [4.78, 5) is 15.1. The van der Waals surface area contributed by atoms with Gasteiger partial charge in [-0.25, -0.2) is 0 Å². The molecule has 1 saturated carbocycles. The van der Waals surface area contributed by atoms with Crippen LogP contribution in [-0.4, -0.2) is 59.0 Å². The minimum Gasteiger partial charge on any atom is -0.497 e. The van der Waals surface area contributed by atoms with Gasteiger partial charge in [0.2, 0.25) is 0 Å². The fourth-order valence-electron chi connectivity index (χ4n) is 3.95. The number of piperidine rings is 1. The van der Waals surface area contributed by atoms with Crippen LogP contribution < -0.4 is 14.8 Å². The van der Waals surface area contributed by atoms with Gasteiger partial charge in [-0.05, 0) is 57.2 Å². The van der Waals surface area contributed by atoms with Crippen molar-refractivity contribution in [2.24, 2.45) is 0 Å². The van der Waals surface area contributed by atoms with Gasteiger partial charge in [0.15, 0.2) is 0 Å². The van der Waals surface area contributed by atoms with Crippen LogP contribution in [0.5, 0.6) is 11.5 Å². The Kier molecular flexibility index (Phi) is 6.57. The van der Waals surface area contributed by atoms with Gasteiger partial charge in [-0.15, -0.1) is 0 Å². The molecule has 1 amide bonds. The molecule has 1 atom stereocenters. The molecular formula is C23H32N4O3. The lowest BCUT2D eigenvalue weighted by molar-refractivity contribution is 0.0741. The monoisotopic (exact) mass is 412 g/mol. The smallest absolute Gasteiger partial charge is 0.255 e. The van der Waals surface area contributed by atoms with E-state index in [0.29, 0.717) is 29.1 Å². The SMILES string of the molecule is COc1ccc(C(=O)NC2CC2)c(OC2CCN([C@@H](C)CCn3cccn3)CC2)c1. The molecule has 30 heavy (non-hydrogen) atoms. The molecule has 2 heterocycles. The van der Waals surface area contributed by atoms with E-state index < -0.39 is 0 Å². The Morgan fingerprint density at radius 1 is 1.27 bits per heavy atom. The van der Waals surface area contributed by atoms with Gasteiger partial charge < -0.3 is 19.7 Å². The van der Waals surface area contributed by atoms with E-state index in [9.17, 15) is 4.79 Å². The molecule has 1 aromatic carbocycles. The lowest BCUT2D eigenvalue weighted by Gasteiger charge is -2.36. The Balaban J connectivity index is 1.32. The van der Waals surface area contributed by atoms with Gasteiger partial charge in [-0.1, -0.05) is 0 Å². The number of hydrogen-bond acceptors (Lipinski definition) is 5. The van der Waals surface area contributed by atoms with Crippen LogP contribution in [0.1, 0.15) is 49.4 Å². The lowest BCUT2D eigenvalue weighted by Crippen LogP contribution is -2.43. The molecule has 7 heteroatoms. The minimum absolute atomic E-state index is 0.0557. The molecule has 4 rings (SSSR count). The highest BCUT2D eigenvalue weighted by atomic mass is 16.5. The van der Waals surface area contributed by atoms with Crippen LogP contribution in [0.2, 0.25) is 0 Å². The highest BCUT2D eigenvalue weighted by Gasteiger charge is 2.28. The van der Waals surface area contributed by atoms with Crippen LogP contribution in [0.3, 0.4) is 0 Å². The zero-order valence-corrected chi connectivity index (χ0v) is 17.9. The normalized spacial score (nSPS) is 18.7. The van der Waals surface area contributed by atoms with Gasteiger partial charge in [0.05, 0.1) is 12.7 Å². The van der Waals surface area contributed by atoms with Crippen LogP contribution in [0.15, 0.2) is 36.7 Å². The van der Waals surface area contributed by atoms with Crippen molar-refractivity contribution in [3.05, 3.63) is 42.2 Å². The number of aryl methyl sites for hydroxylation is 1. The van der Waals surface area contributed by atoms with Crippen molar-refractivity contribution in [1.82, 2.24) is 20.0 Å². The fourth-order valence-corrected chi connectivity index (χ4v) is 3.95. The summed E-state index contributed by atoms with van der Waals surface area (Å²) in [6, 6.07) is 8.24. The highest BCUT2D eigenvalue weighted by molar-refractivity contribution is 5.97. The first-order valence-electron chi connectivity index (χ1n) is 11.0. The summed E-state index contributed by atoms with van der Waals surface area (Å²) in [7, 11) is 1.63. The topological polar surface area (TPSA) is 68.6 Å². The maximum absolute atomic E-state index is 12.6. The number of carbonyl (C=O) groups is 1. The van der Waals surface area contributed by atoms with E-state index >= 15 is 0 Å². The van der Waals surface area contributed by atoms with Crippen molar-refractivity contribution in [2.75, 3.05) is 20.2 Å². The number of methoxy groups -OCH3 is 1. The Hall–Kier alpha value is -2.54. The van der Waals surface area contributed by atoms with Crippen molar-refractivity contribution >= 4 is 5.91 Å². The molecule has 2 fully saturated rings. The molecule has 0 spiro atoms. The summed E-state index contributed by atoms with van der Waals surface area (Å²) in [5, 5.41) is 7.34. The average molecular weight is 413 g/mol. The maximum atomic E-state index is 12.6. The van der Waals surface area contributed by atoms with E-state index in [1.807, 2.05) is 35.3 Å². The van der Waals surface area contributed by atoms with Crippen molar-refractivity contribution in [2.45, 2.75) is 63.8 Å². The molecule has 1 aliphatic carbocycles. The lowest BCUT2D eigenvalue weighted by atomic mass is 10.0. The summed E-state index contributed by atoms with van der Waals surface area (Å²) < 4.78 is 13.7. The number of benzene rings is 1. The van der Waals surface area contributed by atoms with E-state index in [-0.39, 0.29) is 12.0 Å². The number of nitrogens with zero attached hydrogens (tertiary/aromatic N) is 3. The number of hydrogen-bond donors (Lipinski definition) is 1. The second-order valence-electron chi connectivity index (χ2n) is 8.37. The number of nitrogens with one attached hydrogen (secondary N) is 1. The predicted molar refractivity (Wildman–Crippen MR) is 115 cm³/mol. The van der Waals surface area contributed by atoms with Crippen LogP contribution in [0, 0.1) is 0 Å². The number of ether oxygens (including phenoxy) is 2.